The van der Waals surface area contributed by atoms with Crippen LogP contribution in [0, 0.1) is 0 Å². The van der Waals surface area contributed by atoms with Crippen molar-refractivity contribution in [3.05, 3.63) is 63.1 Å². The molecule has 0 bridgehead atoms. The largest absolute Gasteiger partial charge is 0.416 e. The monoisotopic (exact) mass is 363 g/mol. The van der Waals surface area contributed by atoms with Crippen molar-refractivity contribution >= 4 is 33.2 Å². The molecule has 1 N–H and O–H groups in total. The van der Waals surface area contributed by atoms with E-state index >= 15 is 0 Å². The lowest BCUT2D eigenvalue weighted by atomic mass is 10.1. The number of rotatable bonds is 3. The zero-order valence-electron chi connectivity index (χ0n) is 10.1. The first-order valence-electron chi connectivity index (χ1n) is 5.71. The maximum absolute atomic E-state index is 12.4. The number of halogens is 5. The molecule has 0 aliphatic rings. The van der Waals surface area contributed by atoms with Gasteiger partial charge in [0.05, 0.1) is 16.3 Å². The van der Waals surface area contributed by atoms with Crippen molar-refractivity contribution in [1.82, 2.24) is 0 Å². The third kappa shape index (κ3) is 3.90. The van der Waals surface area contributed by atoms with Crippen molar-refractivity contribution in [3.63, 3.8) is 0 Å². The summed E-state index contributed by atoms with van der Waals surface area (Å²) in [6.45, 7) is 0.397. The maximum atomic E-state index is 12.4. The summed E-state index contributed by atoms with van der Waals surface area (Å²) in [6.07, 6.45) is -4.31. The highest BCUT2D eigenvalue weighted by Crippen LogP contribution is 2.29. The van der Waals surface area contributed by atoms with Crippen LogP contribution in [-0.2, 0) is 12.7 Å². The van der Waals surface area contributed by atoms with E-state index < -0.39 is 11.7 Å². The lowest BCUT2D eigenvalue weighted by Gasteiger charge is -2.10. The van der Waals surface area contributed by atoms with Gasteiger partial charge in [0.15, 0.2) is 0 Å². The molecule has 0 saturated carbocycles. The summed E-state index contributed by atoms with van der Waals surface area (Å²) in [6, 6.07) is 10.4. The van der Waals surface area contributed by atoms with E-state index in [1.165, 1.54) is 12.1 Å². The Bertz CT molecular complexity index is 596. The molecule has 0 amide bonds. The Morgan fingerprint density at radius 3 is 2.30 bits per heavy atom. The van der Waals surface area contributed by atoms with Gasteiger partial charge in [-0.3, -0.25) is 0 Å². The number of anilines is 1. The predicted octanol–water partition coefficient (Wildman–Crippen LogP) is 5.73. The molecule has 0 radical (unpaired) electrons. The number of hydrogen-bond acceptors (Lipinski definition) is 1. The maximum Gasteiger partial charge on any atom is 0.416 e. The molecule has 106 valence electrons. The molecule has 0 atom stereocenters. The average molecular weight is 365 g/mol. The Hall–Kier alpha value is -1.20. The summed E-state index contributed by atoms with van der Waals surface area (Å²) in [5.74, 6) is 0. The van der Waals surface area contributed by atoms with Crippen molar-refractivity contribution in [2.45, 2.75) is 12.7 Å². The van der Waals surface area contributed by atoms with Crippen LogP contribution < -0.4 is 5.32 Å². The molecule has 2 rings (SSSR count). The zero-order valence-corrected chi connectivity index (χ0v) is 12.5. The van der Waals surface area contributed by atoms with Gasteiger partial charge in [0.2, 0.25) is 0 Å². The fourth-order valence-electron chi connectivity index (χ4n) is 1.64. The molecule has 2 aromatic carbocycles. The first-order chi connectivity index (χ1) is 9.36. The first-order valence-corrected chi connectivity index (χ1v) is 6.88. The number of alkyl halides is 3. The number of hydrogen-bond donors (Lipinski definition) is 1. The molecule has 0 spiro atoms. The Morgan fingerprint density at radius 1 is 1.05 bits per heavy atom. The molecule has 0 unspecified atom stereocenters. The van der Waals surface area contributed by atoms with Gasteiger partial charge < -0.3 is 5.32 Å². The van der Waals surface area contributed by atoms with Crippen LogP contribution in [0.1, 0.15) is 11.1 Å². The lowest BCUT2D eigenvalue weighted by molar-refractivity contribution is -0.137. The summed E-state index contributed by atoms with van der Waals surface area (Å²) in [5.41, 5.74) is 0.816. The second kappa shape index (κ2) is 6.06. The average Bonchev–Trinajstić information content (AvgIpc) is 2.39. The van der Waals surface area contributed by atoms with E-state index in [9.17, 15) is 13.2 Å². The van der Waals surface area contributed by atoms with Crippen molar-refractivity contribution in [3.8, 4) is 0 Å². The van der Waals surface area contributed by atoms with Gasteiger partial charge in [-0.1, -0.05) is 39.7 Å². The van der Waals surface area contributed by atoms with E-state index in [0.29, 0.717) is 11.6 Å². The molecule has 1 nitrogen and oxygen atoms in total. The van der Waals surface area contributed by atoms with Gasteiger partial charge in [0.1, 0.15) is 0 Å². The van der Waals surface area contributed by atoms with Crippen molar-refractivity contribution < 1.29 is 13.2 Å². The third-order valence-corrected chi connectivity index (χ3v) is 3.52. The molecule has 0 aliphatic carbocycles. The van der Waals surface area contributed by atoms with Crippen LogP contribution in [-0.4, -0.2) is 0 Å². The van der Waals surface area contributed by atoms with Crippen LogP contribution in [0.4, 0.5) is 18.9 Å². The van der Waals surface area contributed by atoms with Crippen LogP contribution in [0.15, 0.2) is 46.9 Å². The quantitative estimate of drug-likeness (QED) is 0.733. The normalized spacial score (nSPS) is 11.4. The van der Waals surface area contributed by atoms with Gasteiger partial charge >= 0.3 is 6.18 Å². The molecule has 0 aliphatic heterocycles. The minimum absolute atomic E-state index is 0.397. The topological polar surface area (TPSA) is 12.0 Å². The van der Waals surface area contributed by atoms with Gasteiger partial charge in [-0.15, -0.1) is 0 Å². The number of nitrogens with one attached hydrogen (secondary N) is 1. The Kier molecular flexibility index (Phi) is 4.60. The Labute approximate surface area is 127 Å². The molecule has 0 fully saturated rings. The van der Waals surface area contributed by atoms with E-state index in [1.54, 1.807) is 6.07 Å². The summed E-state index contributed by atoms with van der Waals surface area (Å²) < 4.78 is 38.2. The fourth-order valence-corrected chi connectivity index (χ4v) is 2.19. The van der Waals surface area contributed by atoms with E-state index in [-0.39, 0.29) is 0 Å². The highest BCUT2D eigenvalue weighted by molar-refractivity contribution is 9.10. The zero-order chi connectivity index (χ0) is 14.8. The molecular weight excluding hydrogens is 355 g/mol. The van der Waals surface area contributed by atoms with Gasteiger partial charge in [0.25, 0.3) is 0 Å². The summed E-state index contributed by atoms with van der Waals surface area (Å²) in [4.78, 5) is 0. The van der Waals surface area contributed by atoms with E-state index in [1.807, 2.05) is 12.1 Å². The smallest absolute Gasteiger partial charge is 0.380 e. The van der Waals surface area contributed by atoms with Crippen LogP contribution in [0.25, 0.3) is 0 Å². The van der Waals surface area contributed by atoms with Crippen molar-refractivity contribution in [2.75, 3.05) is 5.32 Å². The van der Waals surface area contributed by atoms with E-state index in [4.69, 9.17) is 11.6 Å². The number of benzene rings is 2. The minimum atomic E-state index is -4.31. The molecular formula is C14H10BrClF3N. The summed E-state index contributed by atoms with van der Waals surface area (Å²) in [7, 11) is 0. The van der Waals surface area contributed by atoms with E-state index in [2.05, 4.69) is 21.2 Å². The van der Waals surface area contributed by atoms with Crippen LogP contribution in [0.3, 0.4) is 0 Å². The lowest BCUT2D eigenvalue weighted by Crippen LogP contribution is -2.05. The van der Waals surface area contributed by atoms with Crippen molar-refractivity contribution in [1.29, 1.82) is 0 Å². The third-order valence-electron chi connectivity index (χ3n) is 2.69. The highest BCUT2D eigenvalue weighted by atomic mass is 79.9. The van der Waals surface area contributed by atoms with Gasteiger partial charge in [-0.05, 0) is 35.9 Å². The molecule has 0 saturated heterocycles. The van der Waals surface area contributed by atoms with Gasteiger partial charge in [-0.2, -0.15) is 13.2 Å². The predicted molar refractivity (Wildman–Crippen MR) is 77.9 cm³/mol. The Balaban J connectivity index is 2.06. The highest BCUT2D eigenvalue weighted by Gasteiger charge is 2.29. The van der Waals surface area contributed by atoms with Crippen LogP contribution in [0.2, 0.25) is 5.02 Å². The molecule has 6 heteroatoms. The van der Waals surface area contributed by atoms with E-state index in [0.717, 1.165) is 27.9 Å². The van der Waals surface area contributed by atoms with Crippen LogP contribution >= 0.6 is 27.5 Å². The van der Waals surface area contributed by atoms with Gasteiger partial charge in [-0.25, -0.2) is 0 Å². The molecule has 2 aromatic rings. The minimum Gasteiger partial charge on any atom is -0.380 e. The van der Waals surface area contributed by atoms with Gasteiger partial charge in [0, 0.05) is 11.0 Å². The standard InChI is InChI=1S/C14H10BrClF3N/c15-11-5-6-12(16)13(7-11)20-8-9-1-3-10(4-2-9)14(17,18)19/h1-7,20H,8H2. The second-order valence-corrected chi connectivity index (χ2v) is 5.50. The molecule has 20 heavy (non-hydrogen) atoms. The molecule has 0 heterocycles. The Morgan fingerprint density at radius 2 is 1.70 bits per heavy atom. The van der Waals surface area contributed by atoms with Crippen LogP contribution in [0.5, 0.6) is 0 Å². The second-order valence-electron chi connectivity index (χ2n) is 4.17. The first kappa shape index (κ1) is 15.2. The SMILES string of the molecule is FC(F)(F)c1ccc(CNc2cc(Br)ccc2Cl)cc1. The van der Waals surface area contributed by atoms with Crippen molar-refractivity contribution in [2.24, 2.45) is 0 Å². The summed E-state index contributed by atoms with van der Waals surface area (Å²) >= 11 is 9.35. The summed E-state index contributed by atoms with van der Waals surface area (Å²) in [5, 5.41) is 3.64. The molecule has 0 aromatic heterocycles. The fraction of sp³-hybridized carbons (Fsp3) is 0.143.